The molecule has 0 aromatic rings. The van der Waals surface area contributed by atoms with Crippen LogP contribution in [0.4, 0.5) is 0 Å². The minimum atomic E-state index is -0.764. The second-order valence-corrected chi connectivity index (χ2v) is 6.80. The molecule has 3 N–H and O–H groups in total. The molecule has 2 fully saturated rings. The lowest BCUT2D eigenvalue weighted by molar-refractivity contribution is -0.146. The number of amides is 1. The summed E-state index contributed by atoms with van der Waals surface area (Å²) in [6, 6.07) is 0.388. The summed E-state index contributed by atoms with van der Waals surface area (Å²) in [5, 5.41) is 15.7. The Kier molecular flexibility index (Phi) is 4.73. The molecular formula is C13H22N2O3S. The van der Waals surface area contributed by atoms with Crippen LogP contribution in [0.1, 0.15) is 38.5 Å². The zero-order valence-electron chi connectivity index (χ0n) is 11.3. The standard InChI is InChI=1S/C13H22N2O3S/c1-14-11(16)8-19-10-3-2-6-13(7-10,12(17)18)15-9-4-5-9/h9-10,15H,2-8H2,1H3,(H,14,16)(H,17,18). The Morgan fingerprint density at radius 3 is 2.68 bits per heavy atom. The highest BCUT2D eigenvalue weighted by Crippen LogP contribution is 2.37. The van der Waals surface area contributed by atoms with Crippen LogP contribution in [-0.4, -0.2) is 46.6 Å². The molecule has 2 atom stereocenters. The van der Waals surface area contributed by atoms with Crippen LogP contribution in [0, 0.1) is 0 Å². The molecule has 1 amide bonds. The van der Waals surface area contributed by atoms with E-state index in [-0.39, 0.29) is 11.2 Å². The molecule has 0 radical (unpaired) electrons. The van der Waals surface area contributed by atoms with E-state index < -0.39 is 11.5 Å². The number of nitrogens with one attached hydrogen (secondary N) is 2. The first-order valence-electron chi connectivity index (χ1n) is 6.89. The maximum atomic E-state index is 11.6. The average Bonchev–Trinajstić information content (AvgIpc) is 3.20. The highest BCUT2D eigenvalue weighted by molar-refractivity contribution is 8.00. The van der Waals surface area contributed by atoms with Crippen molar-refractivity contribution in [2.24, 2.45) is 0 Å². The van der Waals surface area contributed by atoms with Gasteiger partial charge in [0, 0.05) is 18.3 Å². The molecule has 5 nitrogen and oxygen atoms in total. The monoisotopic (exact) mass is 286 g/mol. The number of carboxylic acid groups (broad SMARTS) is 1. The van der Waals surface area contributed by atoms with E-state index in [1.807, 2.05) is 0 Å². The number of hydrogen-bond donors (Lipinski definition) is 3. The van der Waals surface area contributed by atoms with E-state index in [0.717, 1.165) is 25.7 Å². The third-order valence-electron chi connectivity index (χ3n) is 3.90. The summed E-state index contributed by atoms with van der Waals surface area (Å²) in [6.07, 6.45) is 5.42. The molecule has 2 aliphatic carbocycles. The normalized spacial score (nSPS) is 30.9. The Labute approximate surface area is 117 Å². The van der Waals surface area contributed by atoms with Gasteiger partial charge in [0.1, 0.15) is 5.54 Å². The van der Waals surface area contributed by atoms with Gasteiger partial charge < -0.3 is 10.4 Å². The molecule has 6 heteroatoms. The molecule has 2 saturated carbocycles. The van der Waals surface area contributed by atoms with Gasteiger partial charge in [0.15, 0.2) is 0 Å². The number of thioether (sulfide) groups is 1. The number of hydrogen-bond acceptors (Lipinski definition) is 4. The maximum absolute atomic E-state index is 11.6. The van der Waals surface area contributed by atoms with Gasteiger partial charge in [-0.15, -0.1) is 11.8 Å². The van der Waals surface area contributed by atoms with Crippen molar-refractivity contribution < 1.29 is 14.7 Å². The van der Waals surface area contributed by atoms with Crippen molar-refractivity contribution >= 4 is 23.6 Å². The van der Waals surface area contributed by atoms with E-state index in [0.29, 0.717) is 24.6 Å². The van der Waals surface area contributed by atoms with Crippen LogP contribution in [0.2, 0.25) is 0 Å². The molecule has 0 bridgehead atoms. The molecule has 0 saturated heterocycles. The average molecular weight is 286 g/mol. The zero-order chi connectivity index (χ0) is 13.9. The number of carboxylic acids is 1. The van der Waals surface area contributed by atoms with Crippen LogP contribution in [0.3, 0.4) is 0 Å². The Hall–Kier alpha value is -0.750. The second-order valence-electron chi connectivity index (χ2n) is 5.51. The predicted molar refractivity (Wildman–Crippen MR) is 75.3 cm³/mol. The molecule has 0 spiro atoms. The first kappa shape index (κ1) is 14.7. The number of carbonyl (C=O) groups excluding carboxylic acids is 1. The SMILES string of the molecule is CNC(=O)CSC1CCCC(NC2CC2)(C(=O)O)C1. The fourth-order valence-corrected chi connectivity index (χ4v) is 3.90. The summed E-state index contributed by atoms with van der Waals surface area (Å²) in [6.45, 7) is 0. The van der Waals surface area contributed by atoms with Crippen molar-refractivity contribution in [2.45, 2.75) is 55.4 Å². The van der Waals surface area contributed by atoms with Gasteiger partial charge in [-0.05, 0) is 38.5 Å². The van der Waals surface area contributed by atoms with Crippen molar-refractivity contribution in [3.8, 4) is 0 Å². The van der Waals surface area contributed by atoms with E-state index in [2.05, 4.69) is 10.6 Å². The van der Waals surface area contributed by atoms with Crippen LogP contribution in [0.25, 0.3) is 0 Å². The smallest absolute Gasteiger partial charge is 0.323 e. The lowest BCUT2D eigenvalue weighted by atomic mass is 9.81. The van der Waals surface area contributed by atoms with Crippen molar-refractivity contribution in [2.75, 3.05) is 12.8 Å². The van der Waals surface area contributed by atoms with Crippen LogP contribution in [-0.2, 0) is 9.59 Å². The molecule has 0 heterocycles. The topological polar surface area (TPSA) is 78.4 Å². The molecule has 2 rings (SSSR count). The highest BCUT2D eigenvalue weighted by Gasteiger charge is 2.45. The summed E-state index contributed by atoms with van der Waals surface area (Å²) in [5.41, 5.74) is -0.764. The van der Waals surface area contributed by atoms with Crippen LogP contribution in [0.5, 0.6) is 0 Å². The Balaban J connectivity index is 1.92. The van der Waals surface area contributed by atoms with Gasteiger partial charge in [-0.1, -0.05) is 0 Å². The third-order valence-corrected chi connectivity index (χ3v) is 5.20. The van der Waals surface area contributed by atoms with Crippen molar-refractivity contribution in [1.82, 2.24) is 10.6 Å². The van der Waals surface area contributed by atoms with Gasteiger partial charge in [-0.25, -0.2) is 0 Å². The fraction of sp³-hybridized carbons (Fsp3) is 0.846. The molecule has 0 aromatic heterocycles. The van der Waals surface area contributed by atoms with Gasteiger partial charge in [0.25, 0.3) is 0 Å². The lowest BCUT2D eigenvalue weighted by Gasteiger charge is -2.38. The van der Waals surface area contributed by atoms with Gasteiger partial charge in [-0.2, -0.15) is 0 Å². The number of carbonyl (C=O) groups is 2. The fourth-order valence-electron chi connectivity index (χ4n) is 2.64. The van der Waals surface area contributed by atoms with Crippen LogP contribution in [0.15, 0.2) is 0 Å². The summed E-state index contributed by atoms with van der Waals surface area (Å²) < 4.78 is 0. The maximum Gasteiger partial charge on any atom is 0.323 e. The van der Waals surface area contributed by atoms with Gasteiger partial charge in [0.05, 0.1) is 5.75 Å². The van der Waals surface area contributed by atoms with E-state index in [4.69, 9.17) is 0 Å². The van der Waals surface area contributed by atoms with Crippen LogP contribution < -0.4 is 10.6 Å². The highest BCUT2D eigenvalue weighted by atomic mass is 32.2. The summed E-state index contributed by atoms with van der Waals surface area (Å²) >= 11 is 1.58. The second kappa shape index (κ2) is 6.13. The quantitative estimate of drug-likeness (QED) is 0.678. The van der Waals surface area contributed by atoms with Gasteiger partial charge >= 0.3 is 5.97 Å². The van der Waals surface area contributed by atoms with Crippen molar-refractivity contribution in [1.29, 1.82) is 0 Å². The van der Waals surface area contributed by atoms with Crippen molar-refractivity contribution in [3.05, 3.63) is 0 Å². The molecule has 2 aliphatic rings. The largest absolute Gasteiger partial charge is 0.480 e. The van der Waals surface area contributed by atoms with E-state index in [1.54, 1.807) is 18.8 Å². The predicted octanol–water partition coefficient (Wildman–Crippen LogP) is 0.984. The van der Waals surface area contributed by atoms with E-state index in [1.165, 1.54) is 0 Å². The molecular weight excluding hydrogens is 264 g/mol. The minimum absolute atomic E-state index is 0.00616. The Morgan fingerprint density at radius 2 is 2.11 bits per heavy atom. The molecule has 0 aromatic carbocycles. The molecule has 2 unspecified atom stereocenters. The summed E-state index contributed by atoms with van der Waals surface area (Å²) in [7, 11) is 1.62. The summed E-state index contributed by atoms with van der Waals surface area (Å²) in [4.78, 5) is 22.9. The Bertz CT molecular complexity index is 360. The third kappa shape index (κ3) is 3.86. The van der Waals surface area contributed by atoms with Gasteiger partial charge in [-0.3, -0.25) is 14.9 Å². The number of rotatable bonds is 6. The van der Waals surface area contributed by atoms with E-state index >= 15 is 0 Å². The number of aliphatic carboxylic acids is 1. The van der Waals surface area contributed by atoms with Gasteiger partial charge in [0.2, 0.25) is 5.91 Å². The van der Waals surface area contributed by atoms with Crippen LogP contribution >= 0.6 is 11.8 Å². The Morgan fingerprint density at radius 1 is 1.37 bits per heavy atom. The molecule has 0 aliphatic heterocycles. The summed E-state index contributed by atoms with van der Waals surface area (Å²) in [5.74, 6) is -0.309. The van der Waals surface area contributed by atoms with Crippen molar-refractivity contribution in [3.63, 3.8) is 0 Å². The first-order valence-corrected chi connectivity index (χ1v) is 7.94. The minimum Gasteiger partial charge on any atom is -0.480 e. The molecule has 108 valence electrons. The zero-order valence-corrected chi connectivity index (χ0v) is 12.1. The lowest BCUT2D eigenvalue weighted by Crippen LogP contribution is -2.56. The van der Waals surface area contributed by atoms with E-state index in [9.17, 15) is 14.7 Å². The first-order chi connectivity index (χ1) is 9.05. The molecule has 19 heavy (non-hydrogen) atoms.